The van der Waals surface area contributed by atoms with Crippen molar-refractivity contribution in [1.29, 1.82) is 0 Å². The highest BCUT2D eigenvalue weighted by atomic mass is 35.5. The molecule has 0 saturated carbocycles. The Morgan fingerprint density at radius 3 is 2.22 bits per heavy atom. The zero-order valence-corrected chi connectivity index (χ0v) is 11.3. The maximum absolute atomic E-state index is 5.90. The van der Waals surface area contributed by atoms with Crippen LogP contribution in [0.25, 0.3) is 0 Å². The zero-order chi connectivity index (χ0) is 12.8. The largest absolute Gasteiger partial charge is 0.489 e. The molecule has 0 aliphatic carbocycles. The van der Waals surface area contributed by atoms with Gasteiger partial charge in [0.15, 0.2) is 0 Å². The van der Waals surface area contributed by atoms with Crippen molar-refractivity contribution in [2.75, 3.05) is 0 Å². The van der Waals surface area contributed by atoms with Crippen molar-refractivity contribution < 1.29 is 4.74 Å². The van der Waals surface area contributed by atoms with E-state index in [4.69, 9.17) is 16.3 Å². The normalized spacial score (nSPS) is 10.3. The van der Waals surface area contributed by atoms with E-state index in [1.54, 1.807) is 0 Å². The first-order valence-electron chi connectivity index (χ1n) is 6.18. The van der Waals surface area contributed by atoms with E-state index < -0.39 is 0 Å². The number of ether oxygens (including phenoxy) is 1. The van der Waals surface area contributed by atoms with Crippen LogP contribution in [0.2, 0.25) is 0 Å². The van der Waals surface area contributed by atoms with Gasteiger partial charge in [0.1, 0.15) is 12.4 Å². The molecule has 0 saturated heterocycles. The lowest BCUT2D eigenvalue weighted by atomic mass is 10.1. The Hall–Kier alpha value is -1.47. The molecular formula is C16H17ClO. The third-order valence-electron chi connectivity index (χ3n) is 2.99. The summed E-state index contributed by atoms with van der Waals surface area (Å²) in [7, 11) is 0. The minimum absolute atomic E-state index is 0.522. The van der Waals surface area contributed by atoms with Gasteiger partial charge in [0.05, 0.1) is 0 Å². The van der Waals surface area contributed by atoms with Gasteiger partial charge >= 0.3 is 0 Å². The second-order valence-electron chi connectivity index (χ2n) is 4.19. The fourth-order valence-electron chi connectivity index (χ4n) is 1.81. The molecule has 0 fully saturated rings. The van der Waals surface area contributed by atoms with E-state index in [0.717, 1.165) is 23.3 Å². The quantitative estimate of drug-likeness (QED) is 0.716. The predicted molar refractivity (Wildman–Crippen MR) is 76.2 cm³/mol. The van der Waals surface area contributed by atoms with Crippen molar-refractivity contribution in [2.24, 2.45) is 0 Å². The van der Waals surface area contributed by atoms with Gasteiger partial charge in [0, 0.05) is 5.88 Å². The monoisotopic (exact) mass is 260 g/mol. The molecule has 0 N–H and O–H groups in total. The topological polar surface area (TPSA) is 9.23 Å². The average molecular weight is 261 g/mol. The Bertz CT molecular complexity index is 491. The lowest BCUT2D eigenvalue weighted by Gasteiger charge is -2.09. The van der Waals surface area contributed by atoms with Crippen LogP contribution >= 0.6 is 11.6 Å². The molecule has 0 bridgehead atoms. The number of halogens is 1. The highest BCUT2D eigenvalue weighted by molar-refractivity contribution is 6.17. The number of alkyl halides is 1. The van der Waals surface area contributed by atoms with Gasteiger partial charge in [-0.05, 0) is 35.2 Å². The summed E-state index contributed by atoms with van der Waals surface area (Å²) in [5.74, 6) is 1.42. The Morgan fingerprint density at radius 2 is 1.61 bits per heavy atom. The summed E-state index contributed by atoms with van der Waals surface area (Å²) in [6.45, 7) is 2.71. The van der Waals surface area contributed by atoms with E-state index in [9.17, 15) is 0 Å². The van der Waals surface area contributed by atoms with E-state index in [2.05, 4.69) is 25.1 Å². The molecule has 0 atom stereocenters. The molecule has 2 rings (SSSR count). The summed E-state index contributed by atoms with van der Waals surface area (Å²) in [5, 5.41) is 0. The zero-order valence-electron chi connectivity index (χ0n) is 10.5. The number of rotatable bonds is 5. The first kappa shape index (κ1) is 13.0. The molecule has 0 aromatic heterocycles. The molecule has 0 heterocycles. The summed E-state index contributed by atoms with van der Waals surface area (Å²) < 4.78 is 5.78. The molecule has 0 aliphatic rings. The summed E-state index contributed by atoms with van der Waals surface area (Å²) in [6, 6.07) is 16.3. The van der Waals surface area contributed by atoms with Gasteiger partial charge in [0.25, 0.3) is 0 Å². The van der Waals surface area contributed by atoms with Crippen molar-refractivity contribution in [1.82, 2.24) is 0 Å². The number of hydrogen-bond donors (Lipinski definition) is 0. The third-order valence-corrected chi connectivity index (χ3v) is 3.28. The Kier molecular flexibility index (Phi) is 4.66. The lowest BCUT2D eigenvalue weighted by Crippen LogP contribution is -1.99. The number of hydrogen-bond acceptors (Lipinski definition) is 1. The first-order valence-corrected chi connectivity index (χ1v) is 6.71. The standard InChI is InChI=1S/C16H17ClO/c1-2-13-7-9-16(10-8-13)18-12-15-6-4-3-5-14(15)11-17/h3-10H,2,11-12H2,1H3. The van der Waals surface area contributed by atoms with Crippen LogP contribution in [0, 0.1) is 0 Å². The van der Waals surface area contributed by atoms with E-state index in [1.165, 1.54) is 5.56 Å². The number of benzene rings is 2. The van der Waals surface area contributed by atoms with Gasteiger partial charge < -0.3 is 4.74 Å². The maximum atomic E-state index is 5.90. The maximum Gasteiger partial charge on any atom is 0.119 e. The lowest BCUT2D eigenvalue weighted by molar-refractivity contribution is 0.305. The first-order chi connectivity index (χ1) is 8.83. The molecule has 0 spiro atoms. The third kappa shape index (κ3) is 3.27. The van der Waals surface area contributed by atoms with Gasteiger partial charge in [-0.2, -0.15) is 0 Å². The van der Waals surface area contributed by atoms with E-state index in [0.29, 0.717) is 12.5 Å². The van der Waals surface area contributed by atoms with Crippen molar-refractivity contribution in [2.45, 2.75) is 25.8 Å². The molecule has 0 amide bonds. The Balaban J connectivity index is 2.02. The molecule has 2 aromatic carbocycles. The van der Waals surface area contributed by atoms with Crippen molar-refractivity contribution in [3.63, 3.8) is 0 Å². The minimum atomic E-state index is 0.522. The van der Waals surface area contributed by atoms with Crippen LogP contribution in [0.5, 0.6) is 5.75 Å². The van der Waals surface area contributed by atoms with Gasteiger partial charge in [-0.25, -0.2) is 0 Å². The van der Waals surface area contributed by atoms with Crippen LogP contribution in [0.4, 0.5) is 0 Å². The molecule has 0 radical (unpaired) electrons. The van der Waals surface area contributed by atoms with Crippen LogP contribution in [0.1, 0.15) is 23.6 Å². The molecule has 1 nitrogen and oxygen atoms in total. The van der Waals surface area contributed by atoms with Crippen LogP contribution in [-0.2, 0) is 18.9 Å². The van der Waals surface area contributed by atoms with Gasteiger partial charge in [-0.1, -0.05) is 43.3 Å². The summed E-state index contributed by atoms with van der Waals surface area (Å²) in [5.41, 5.74) is 3.60. The van der Waals surface area contributed by atoms with Crippen molar-refractivity contribution >= 4 is 11.6 Å². The highest BCUT2D eigenvalue weighted by Crippen LogP contribution is 2.17. The molecule has 2 heteroatoms. The fourth-order valence-corrected chi connectivity index (χ4v) is 2.07. The molecule has 94 valence electrons. The van der Waals surface area contributed by atoms with E-state index in [1.807, 2.05) is 30.3 Å². The molecule has 0 aliphatic heterocycles. The van der Waals surface area contributed by atoms with Crippen LogP contribution < -0.4 is 4.74 Å². The van der Waals surface area contributed by atoms with Gasteiger partial charge in [-0.3, -0.25) is 0 Å². The van der Waals surface area contributed by atoms with E-state index in [-0.39, 0.29) is 0 Å². The van der Waals surface area contributed by atoms with Gasteiger partial charge in [-0.15, -0.1) is 11.6 Å². The number of aryl methyl sites for hydroxylation is 1. The van der Waals surface area contributed by atoms with Crippen LogP contribution in [0.15, 0.2) is 48.5 Å². The van der Waals surface area contributed by atoms with Crippen molar-refractivity contribution in [3.05, 3.63) is 65.2 Å². The molecule has 2 aromatic rings. The second kappa shape index (κ2) is 6.46. The van der Waals surface area contributed by atoms with E-state index >= 15 is 0 Å². The Morgan fingerprint density at radius 1 is 0.944 bits per heavy atom. The predicted octanol–water partition coefficient (Wildman–Crippen LogP) is 4.57. The summed E-state index contributed by atoms with van der Waals surface area (Å²) in [6.07, 6.45) is 1.05. The summed E-state index contributed by atoms with van der Waals surface area (Å²) in [4.78, 5) is 0. The second-order valence-corrected chi connectivity index (χ2v) is 4.46. The summed E-state index contributed by atoms with van der Waals surface area (Å²) >= 11 is 5.90. The smallest absolute Gasteiger partial charge is 0.119 e. The highest BCUT2D eigenvalue weighted by Gasteiger charge is 2.01. The van der Waals surface area contributed by atoms with Crippen LogP contribution in [0.3, 0.4) is 0 Å². The Labute approximate surface area is 113 Å². The fraction of sp³-hybridized carbons (Fsp3) is 0.250. The molecular weight excluding hydrogens is 244 g/mol. The minimum Gasteiger partial charge on any atom is -0.489 e. The molecule has 18 heavy (non-hydrogen) atoms. The average Bonchev–Trinajstić information content (AvgIpc) is 2.46. The van der Waals surface area contributed by atoms with Gasteiger partial charge in [0.2, 0.25) is 0 Å². The SMILES string of the molecule is CCc1ccc(OCc2ccccc2CCl)cc1. The van der Waals surface area contributed by atoms with Crippen LogP contribution in [-0.4, -0.2) is 0 Å². The molecule has 0 unspecified atom stereocenters. The van der Waals surface area contributed by atoms with Crippen molar-refractivity contribution in [3.8, 4) is 5.75 Å².